The Bertz CT molecular complexity index is 1170. The summed E-state index contributed by atoms with van der Waals surface area (Å²) in [6, 6.07) is 14.3. The zero-order valence-electron chi connectivity index (χ0n) is 16.8. The molecular formula is C26H21F3O2. The van der Waals surface area contributed by atoms with E-state index in [1.807, 2.05) is 30.3 Å². The Balaban J connectivity index is 1.38. The number of benzene rings is 3. The van der Waals surface area contributed by atoms with Crippen LogP contribution in [-0.2, 0) is 24.2 Å². The van der Waals surface area contributed by atoms with Crippen LogP contribution < -0.4 is 0 Å². The fourth-order valence-corrected chi connectivity index (χ4v) is 3.88. The zero-order chi connectivity index (χ0) is 22.1. The number of halogens is 3. The molecule has 0 fully saturated rings. The van der Waals surface area contributed by atoms with Crippen molar-refractivity contribution in [3.05, 3.63) is 113 Å². The summed E-state index contributed by atoms with van der Waals surface area (Å²) in [5, 5.41) is 9.71. The summed E-state index contributed by atoms with van der Waals surface area (Å²) in [7, 11) is 0. The van der Waals surface area contributed by atoms with Crippen molar-refractivity contribution >= 4 is 11.3 Å². The number of hydrogen-bond acceptors (Lipinski definition) is 2. The zero-order valence-corrected chi connectivity index (χ0v) is 16.8. The maximum atomic E-state index is 13.7. The summed E-state index contributed by atoms with van der Waals surface area (Å²) in [5.41, 5.74) is 4.98. The highest BCUT2D eigenvalue weighted by molar-refractivity contribution is 5.74. The van der Waals surface area contributed by atoms with Crippen LogP contribution in [0.15, 0.2) is 67.8 Å². The summed E-state index contributed by atoms with van der Waals surface area (Å²) in [5.74, 6) is -2.41. The SMILES string of the molecule is C=C(OCc1cc(F)c(F)cc1F)c1ccc(CC2Cc3ccc(O)cc3C2=C)cc1. The van der Waals surface area contributed by atoms with Gasteiger partial charge in [0.1, 0.15) is 23.9 Å². The standard InChI is InChI=1S/C26H21F3O2/c1-15-20(10-19-7-8-22(30)12-23(15)19)9-17-3-5-18(6-4-17)16(2)31-14-21-11-25(28)26(29)13-24(21)27/h3-8,11-13,20,30H,1-2,9-10,14H2. The molecule has 31 heavy (non-hydrogen) atoms. The Morgan fingerprint density at radius 2 is 1.68 bits per heavy atom. The third-order valence-electron chi connectivity index (χ3n) is 5.65. The number of rotatable bonds is 6. The normalized spacial score (nSPS) is 15.1. The van der Waals surface area contributed by atoms with Crippen molar-refractivity contribution in [2.45, 2.75) is 19.4 Å². The molecule has 0 heterocycles. The number of ether oxygens (including phenoxy) is 1. The van der Waals surface area contributed by atoms with Gasteiger partial charge in [-0.2, -0.15) is 0 Å². The minimum absolute atomic E-state index is 0.0815. The molecule has 3 aromatic rings. The van der Waals surface area contributed by atoms with E-state index in [9.17, 15) is 18.3 Å². The first-order valence-corrected chi connectivity index (χ1v) is 9.87. The number of phenols is 1. The largest absolute Gasteiger partial charge is 0.508 e. The van der Waals surface area contributed by atoms with E-state index in [0.29, 0.717) is 17.4 Å². The Morgan fingerprint density at radius 1 is 0.968 bits per heavy atom. The molecule has 3 aromatic carbocycles. The van der Waals surface area contributed by atoms with Crippen LogP contribution in [0.5, 0.6) is 5.75 Å². The van der Waals surface area contributed by atoms with E-state index >= 15 is 0 Å². The van der Waals surface area contributed by atoms with E-state index in [-0.39, 0.29) is 23.8 Å². The van der Waals surface area contributed by atoms with Crippen LogP contribution in [0.3, 0.4) is 0 Å². The molecule has 0 aromatic heterocycles. The monoisotopic (exact) mass is 422 g/mol. The molecule has 1 aliphatic rings. The molecule has 0 amide bonds. The molecule has 0 saturated heterocycles. The Hall–Kier alpha value is -3.47. The van der Waals surface area contributed by atoms with E-state index in [1.165, 1.54) is 5.56 Å². The summed E-state index contributed by atoms with van der Waals surface area (Å²) >= 11 is 0. The van der Waals surface area contributed by atoms with Gasteiger partial charge in [-0.15, -0.1) is 0 Å². The number of hydrogen-bond donors (Lipinski definition) is 1. The number of allylic oxidation sites excluding steroid dienone is 1. The van der Waals surface area contributed by atoms with Gasteiger partial charge >= 0.3 is 0 Å². The second-order valence-corrected chi connectivity index (χ2v) is 7.74. The summed E-state index contributed by atoms with van der Waals surface area (Å²) < 4.78 is 45.6. The minimum atomic E-state index is -1.24. The molecule has 0 aliphatic heterocycles. The van der Waals surface area contributed by atoms with Gasteiger partial charge in [-0.3, -0.25) is 0 Å². The molecule has 4 rings (SSSR count). The maximum Gasteiger partial charge on any atom is 0.161 e. The number of aromatic hydroxyl groups is 1. The van der Waals surface area contributed by atoms with Gasteiger partial charge in [-0.05, 0) is 59.2 Å². The second kappa shape index (κ2) is 8.34. The van der Waals surface area contributed by atoms with Crippen LogP contribution in [0.25, 0.3) is 11.3 Å². The van der Waals surface area contributed by atoms with Crippen LogP contribution in [-0.4, -0.2) is 5.11 Å². The Kier molecular flexibility index (Phi) is 5.59. The van der Waals surface area contributed by atoms with Crippen LogP contribution >= 0.6 is 0 Å². The lowest BCUT2D eigenvalue weighted by Crippen LogP contribution is -2.03. The van der Waals surface area contributed by atoms with Crippen molar-refractivity contribution in [2.24, 2.45) is 5.92 Å². The van der Waals surface area contributed by atoms with E-state index < -0.39 is 17.5 Å². The molecule has 2 nitrogen and oxygen atoms in total. The lowest BCUT2D eigenvalue weighted by Gasteiger charge is -2.13. The molecule has 1 aliphatic carbocycles. The molecule has 1 atom stereocenters. The molecule has 158 valence electrons. The van der Waals surface area contributed by atoms with Gasteiger partial charge in [-0.25, -0.2) is 13.2 Å². The molecule has 1 unspecified atom stereocenters. The molecule has 0 radical (unpaired) electrons. The van der Waals surface area contributed by atoms with Crippen molar-refractivity contribution in [3.63, 3.8) is 0 Å². The molecule has 0 bridgehead atoms. The maximum absolute atomic E-state index is 13.7. The fourth-order valence-electron chi connectivity index (χ4n) is 3.88. The third-order valence-corrected chi connectivity index (χ3v) is 5.65. The minimum Gasteiger partial charge on any atom is -0.508 e. The highest BCUT2D eigenvalue weighted by atomic mass is 19.2. The predicted octanol–water partition coefficient (Wildman–Crippen LogP) is 6.43. The van der Waals surface area contributed by atoms with Gasteiger partial charge in [0.25, 0.3) is 0 Å². The molecule has 5 heteroatoms. The first-order chi connectivity index (χ1) is 14.8. The van der Waals surface area contributed by atoms with Gasteiger partial charge in [-0.1, -0.05) is 43.5 Å². The molecular weight excluding hydrogens is 401 g/mol. The van der Waals surface area contributed by atoms with E-state index in [2.05, 4.69) is 13.2 Å². The van der Waals surface area contributed by atoms with Crippen LogP contribution in [0.2, 0.25) is 0 Å². The van der Waals surface area contributed by atoms with Gasteiger partial charge < -0.3 is 9.84 Å². The highest BCUT2D eigenvalue weighted by Gasteiger charge is 2.25. The quantitative estimate of drug-likeness (QED) is 0.367. The Labute approximate surface area is 178 Å². The van der Waals surface area contributed by atoms with Crippen LogP contribution in [0, 0.1) is 23.4 Å². The summed E-state index contributed by atoms with van der Waals surface area (Å²) in [4.78, 5) is 0. The molecule has 0 spiro atoms. The fraction of sp³-hybridized carbons (Fsp3) is 0.154. The Morgan fingerprint density at radius 3 is 2.42 bits per heavy atom. The smallest absolute Gasteiger partial charge is 0.161 e. The summed E-state index contributed by atoms with van der Waals surface area (Å²) in [6.07, 6.45) is 1.69. The van der Waals surface area contributed by atoms with Gasteiger partial charge in [0.05, 0.1) is 0 Å². The van der Waals surface area contributed by atoms with Crippen LogP contribution in [0.1, 0.15) is 27.8 Å². The van der Waals surface area contributed by atoms with Gasteiger partial charge in [0.2, 0.25) is 0 Å². The predicted molar refractivity (Wildman–Crippen MR) is 115 cm³/mol. The van der Waals surface area contributed by atoms with Crippen LogP contribution in [0.4, 0.5) is 13.2 Å². The van der Waals surface area contributed by atoms with Gasteiger partial charge in [0.15, 0.2) is 11.6 Å². The van der Waals surface area contributed by atoms with E-state index in [1.54, 1.807) is 12.1 Å². The number of phenolic OH excluding ortho intramolecular Hbond substituents is 1. The lowest BCUT2D eigenvalue weighted by molar-refractivity contribution is 0.259. The van der Waals surface area contributed by atoms with E-state index in [0.717, 1.165) is 35.6 Å². The first kappa shape index (κ1) is 20.8. The van der Waals surface area contributed by atoms with Gasteiger partial charge in [0, 0.05) is 17.2 Å². The average molecular weight is 422 g/mol. The lowest BCUT2D eigenvalue weighted by atomic mass is 9.93. The summed E-state index contributed by atoms with van der Waals surface area (Å²) in [6.45, 7) is 7.79. The topological polar surface area (TPSA) is 29.5 Å². The first-order valence-electron chi connectivity index (χ1n) is 9.87. The van der Waals surface area contributed by atoms with Crippen molar-refractivity contribution in [1.29, 1.82) is 0 Å². The highest BCUT2D eigenvalue weighted by Crippen LogP contribution is 2.39. The molecule has 0 saturated carbocycles. The van der Waals surface area contributed by atoms with Crippen molar-refractivity contribution in [2.75, 3.05) is 0 Å². The molecule has 1 N–H and O–H groups in total. The number of fused-ring (bicyclic) bond motifs is 1. The van der Waals surface area contributed by atoms with Crippen molar-refractivity contribution in [3.8, 4) is 5.75 Å². The van der Waals surface area contributed by atoms with Crippen molar-refractivity contribution < 1.29 is 23.0 Å². The average Bonchev–Trinajstić information content (AvgIpc) is 3.05. The second-order valence-electron chi connectivity index (χ2n) is 7.74. The van der Waals surface area contributed by atoms with Crippen molar-refractivity contribution in [1.82, 2.24) is 0 Å². The van der Waals surface area contributed by atoms with E-state index in [4.69, 9.17) is 4.74 Å². The third kappa shape index (κ3) is 4.36.